The van der Waals surface area contributed by atoms with Crippen molar-refractivity contribution in [3.63, 3.8) is 0 Å². The molecule has 6 heteroatoms. The van der Waals surface area contributed by atoms with Crippen LogP contribution in [0.3, 0.4) is 0 Å². The fraction of sp³-hybridized carbons (Fsp3) is 0.381. The Morgan fingerprint density at radius 1 is 1.07 bits per heavy atom. The van der Waals surface area contributed by atoms with Gasteiger partial charge in [0.1, 0.15) is 0 Å². The van der Waals surface area contributed by atoms with Gasteiger partial charge in [-0.05, 0) is 43.0 Å². The SMILES string of the molecule is CCCC(NC(=O)CCNS(=O)(=O)c1cc(C)ccc1C)c1ccccc1. The van der Waals surface area contributed by atoms with Crippen LogP contribution in [0.4, 0.5) is 0 Å². The lowest BCUT2D eigenvalue weighted by molar-refractivity contribution is -0.121. The summed E-state index contributed by atoms with van der Waals surface area (Å²) in [7, 11) is -3.63. The van der Waals surface area contributed by atoms with Gasteiger partial charge in [0.15, 0.2) is 0 Å². The predicted molar refractivity (Wildman–Crippen MR) is 108 cm³/mol. The number of sulfonamides is 1. The minimum atomic E-state index is -3.63. The molecule has 5 nitrogen and oxygen atoms in total. The molecule has 0 heterocycles. The second-order valence-corrected chi connectivity index (χ2v) is 8.47. The van der Waals surface area contributed by atoms with E-state index in [2.05, 4.69) is 17.0 Å². The van der Waals surface area contributed by atoms with Crippen molar-refractivity contribution in [1.82, 2.24) is 10.0 Å². The van der Waals surface area contributed by atoms with E-state index in [0.717, 1.165) is 24.0 Å². The van der Waals surface area contributed by atoms with Crippen LogP contribution in [0.5, 0.6) is 0 Å². The van der Waals surface area contributed by atoms with Gasteiger partial charge in [-0.2, -0.15) is 0 Å². The molecule has 0 saturated heterocycles. The minimum absolute atomic E-state index is 0.0562. The molecule has 0 bridgehead atoms. The zero-order chi connectivity index (χ0) is 19.9. The molecule has 146 valence electrons. The molecule has 1 atom stereocenters. The third kappa shape index (κ3) is 6.19. The molecule has 0 radical (unpaired) electrons. The van der Waals surface area contributed by atoms with Crippen LogP contribution in [0.25, 0.3) is 0 Å². The second kappa shape index (κ2) is 9.67. The average Bonchev–Trinajstić information content (AvgIpc) is 2.64. The van der Waals surface area contributed by atoms with Crippen molar-refractivity contribution in [3.05, 3.63) is 65.2 Å². The zero-order valence-corrected chi connectivity index (χ0v) is 17.0. The van der Waals surface area contributed by atoms with E-state index >= 15 is 0 Å². The molecule has 0 aliphatic heterocycles. The van der Waals surface area contributed by atoms with Gasteiger partial charge in [0.05, 0.1) is 10.9 Å². The first-order chi connectivity index (χ1) is 12.8. The molecule has 2 rings (SSSR count). The first-order valence-electron chi connectivity index (χ1n) is 9.24. The third-order valence-electron chi connectivity index (χ3n) is 4.39. The van der Waals surface area contributed by atoms with Gasteiger partial charge in [0.25, 0.3) is 0 Å². The van der Waals surface area contributed by atoms with Crippen LogP contribution in [-0.2, 0) is 14.8 Å². The molecule has 2 aromatic carbocycles. The average molecular weight is 389 g/mol. The van der Waals surface area contributed by atoms with Gasteiger partial charge in [-0.1, -0.05) is 55.8 Å². The first-order valence-corrected chi connectivity index (χ1v) is 10.7. The van der Waals surface area contributed by atoms with Crippen molar-refractivity contribution < 1.29 is 13.2 Å². The molecule has 2 N–H and O–H groups in total. The lowest BCUT2D eigenvalue weighted by atomic mass is 10.0. The van der Waals surface area contributed by atoms with Gasteiger partial charge >= 0.3 is 0 Å². The number of amides is 1. The van der Waals surface area contributed by atoms with Crippen LogP contribution in [0.1, 0.15) is 48.9 Å². The summed E-state index contributed by atoms with van der Waals surface area (Å²) in [5.41, 5.74) is 2.62. The Bertz CT molecular complexity index is 864. The van der Waals surface area contributed by atoms with Crippen LogP contribution < -0.4 is 10.0 Å². The third-order valence-corrected chi connectivity index (χ3v) is 5.99. The Kier molecular flexibility index (Phi) is 7.56. The molecule has 1 amide bonds. The highest BCUT2D eigenvalue weighted by atomic mass is 32.2. The lowest BCUT2D eigenvalue weighted by Crippen LogP contribution is -2.33. The Balaban J connectivity index is 1.93. The number of aryl methyl sites for hydroxylation is 2. The van der Waals surface area contributed by atoms with Crippen LogP contribution >= 0.6 is 0 Å². The van der Waals surface area contributed by atoms with E-state index in [9.17, 15) is 13.2 Å². The summed E-state index contributed by atoms with van der Waals surface area (Å²) in [6, 6.07) is 15.1. The van der Waals surface area contributed by atoms with Crippen molar-refractivity contribution in [2.45, 2.75) is 51.0 Å². The molecular weight excluding hydrogens is 360 g/mol. The first kappa shape index (κ1) is 21.1. The van der Waals surface area contributed by atoms with E-state index < -0.39 is 10.0 Å². The zero-order valence-electron chi connectivity index (χ0n) is 16.2. The molecule has 0 aliphatic rings. The van der Waals surface area contributed by atoms with Crippen molar-refractivity contribution in [1.29, 1.82) is 0 Å². The molecule has 2 aromatic rings. The molecule has 0 spiro atoms. The monoisotopic (exact) mass is 388 g/mol. The summed E-state index contributed by atoms with van der Waals surface area (Å²) in [6.45, 7) is 5.74. The highest BCUT2D eigenvalue weighted by molar-refractivity contribution is 7.89. The van der Waals surface area contributed by atoms with Crippen LogP contribution in [0, 0.1) is 13.8 Å². The van der Waals surface area contributed by atoms with Gasteiger partial charge in [-0.3, -0.25) is 4.79 Å². The molecule has 0 saturated carbocycles. The molecule has 1 unspecified atom stereocenters. The van der Waals surface area contributed by atoms with Crippen LogP contribution in [-0.4, -0.2) is 20.9 Å². The van der Waals surface area contributed by atoms with Gasteiger partial charge in [-0.15, -0.1) is 0 Å². The molecule has 27 heavy (non-hydrogen) atoms. The number of carbonyl (C=O) groups excluding carboxylic acids is 1. The summed E-state index contributed by atoms with van der Waals surface area (Å²) < 4.78 is 27.5. The van der Waals surface area contributed by atoms with Crippen molar-refractivity contribution in [3.8, 4) is 0 Å². The Morgan fingerprint density at radius 3 is 2.44 bits per heavy atom. The fourth-order valence-corrected chi connectivity index (χ4v) is 4.30. The number of rotatable bonds is 9. The molecule has 0 fully saturated rings. The Hall–Kier alpha value is -2.18. The van der Waals surface area contributed by atoms with Crippen molar-refractivity contribution in [2.24, 2.45) is 0 Å². The van der Waals surface area contributed by atoms with E-state index in [1.54, 1.807) is 19.1 Å². The number of carbonyl (C=O) groups is 1. The van der Waals surface area contributed by atoms with E-state index in [4.69, 9.17) is 0 Å². The largest absolute Gasteiger partial charge is 0.349 e. The summed E-state index contributed by atoms with van der Waals surface area (Å²) in [6.07, 6.45) is 1.88. The normalized spacial score (nSPS) is 12.6. The summed E-state index contributed by atoms with van der Waals surface area (Å²) in [5, 5.41) is 3.01. The second-order valence-electron chi connectivity index (χ2n) is 6.74. The van der Waals surface area contributed by atoms with Crippen molar-refractivity contribution >= 4 is 15.9 Å². The molecular formula is C21H28N2O3S. The molecule has 0 aromatic heterocycles. The fourth-order valence-electron chi connectivity index (χ4n) is 2.94. The smallest absolute Gasteiger partial charge is 0.240 e. The van der Waals surface area contributed by atoms with Gasteiger partial charge < -0.3 is 5.32 Å². The maximum absolute atomic E-state index is 12.5. The number of hydrogen-bond donors (Lipinski definition) is 2. The van der Waals surface area contributed by atoms with E-state index in [0.29, 0.717) is 5.56 Å². The number of benzene rings is 2. The van der Waals surface area contributed by atoms with E-state index in [-0.39, 0.29) is 29.8 Å². The van der Waals surface area contributed by atoms with Gasteiger partial charge in [-0.25, -0.2) is 13.1 Å². The van der Waals surface area contributed by atoms with Gasteiger partial charge in [0, 0.05) is 13.0 Å². The van der Waals surface area contributed by atoms with Crippen LogP contribution in [0.2, 0.25) is 0 Å². The number of nitrogens with one attached hydrogen (secondary N) is 2. The predicted octanol–water partition coefficient (Wildman–Crippen LogP) is 3.63. The maximum atomic E-state index is 12.5. The van der Waals surface area contributed by atoms with E-state index in [1.807, 2.05) is 43.3 Å². The molecule has 0 aliphatic carbocycles. The van der Waals surface area contributed by atoms with E-state index in [1.165, 1.54) is 0 Å². The Labute approximate surface area is 162 Å². The van der Waals surface area contributed by atoms with Crippen molar-refractivity contribution in [2.75, 3.05) is 6.54 Å². The summed E-state index contributed by atoms with van der Waals surface area (Å²) in [5.74, 6) is -0.166. The quantitative estimate of drug-likeness (QED) is 0.689. The lowest BCUT2D eigenvalue weighted by Gasteiger charge is -2.19. The Morgan fingerprint density at radius 2 is 1.78 bits per heavy atom. The number of hydrogen-bond acceptors (Lipinski definition) is 3. The highest BCUT2D eigenvalue weighted by Gasteiger charge is 2.18. The highest BCUT2D eigenvalue weighted by Crippen LogP contribution is 2.18. The van der Waals surface area contributed by atoms with Crippen LogP contribution in [0.15, 0.2) is 53.4 Å². The topological polar surface area (TPSA) is 75.3 Å². The summed E-state index contributed by atoms with van der Waals surface area (Å²) >= 11 is 0. The summed E-state index contributed by atoms with van der Waals surface area (Å²) in [4.78, 5) is 12.6. The minimum Gasteiger partial charge on any atom is -0.349 e. The standard InChI is InChI=1S/C21H28N2O3S/c1-4-8-19(18-9-6-5-7-10-18)23-21(24)13-14-22-27(25,26)20-15-16(2)11-12-17(20)3/h5-7,9-12,15,19,22H,4,8,13-14H2,1-3H3,(H,23,24). The van der Waals surface area contributed by atoms with Gasteiger partial charge in [0.2, 0.25) is 15.9 Å². The maximum Gasteiger partial charge on any atom is 0.240 e.